The number of Topliss-reactive ketones (excluding diaryl/α,β-unsaturated/α-hetero) is 1. The highest BCUT2D eigenvalue weighted by molar-refractivity contribution is 6.02. The number of anilines is 2. The van der Waals surface area contributed by atoms with Gasteiger partial charge in [0.1, 0.15) is 22.9 Å². The Hall–Kier alpha value is -4.87. The van der Waals surface area contributed by atoms with Crippen molar-refractivity contribution in [2.75, 3.05) is 31.4 Å². The van der Waals surface area contributed by atoms with Crippen molar-refractivity contribution in [1.82, 2.24) is 9.13 Å². The average Bonchev–Trinajstić information content (AvgIpc) is 2.88. The van der Waals surface area contributed by atoms with Crippen LogP contribution in [0.15, 0.2) is 58.1 Å². The van der Waals surface area contributed by atoms with Gasteiger partial charge in [-0.15, -0.1) is 0 Å². The van der Waals surface area contributed by atoms with Gasteiger partial charge in [-0.25, -0.2) is 9.59 Å². The van der Waals surface area contributed by atoms with Crippen molar-refractivity contribution in [3.05, 3.63) is 80.5 Å². The van der Waals surface area contributed by atoms with E-state index >= 15 is 0 Å². The van der Waals surface area contributed by atoms with E-state index in [1.165, 1.54) is 45.5 Å². The van der Waals surface area contributed by atoms with Gasteiger partial charge in [0.2, 0.25) is 5.78 Å². The van der Waals surface area contributed by atoms with E-state index in [0.29, 0.717) is 17.2 Å². The first kappa shape index (κ1) is 25.7. The number of aromatic nitrogens is 2. The normalized spacial score (nSPS) is 10.4. The number of esters is 1. The molecule has 0 saturated carbocycles. The summed E-state index contributed by atoms with van der Waals surface area (Å²) in [6.45, 7) is -1.02. The maximum atomic E-state index is 12.5. The number of nitrogens with zero attached hydrogens (tertiary/aromatic N) is 2. The summed E-state index contributed by atoms with van der Waals surface area (Å²) in [6, 6.07) is 12.5. The number of nitrogens with two attached hydrogens (primary N) is 1. The van der Waals surface area contributed by atoms with Crippen molar-refractivity contribution in [1.29, 1.82) is 0 Å². The van der Waals surface area contributed by atoms with E-state index in [-0.39, 0.29) is 18.0 Å². The van der Waals surface area contributed by atoms with E-state index in [0.717, 1.165) is 9.13 Å². The Morgan fingerprint density at radius 1 is 0.944 bits per heavy atom. The molecular weight excluding hydrogens is 472 g/mol. The zero-order valence-corrected chi connectivity index (χ0v) is 19.8. The maximum absolute atomic E-state index is 12.5. The van der Waals surface area contributed by atoms with Gasteiger partial charge in [0.25, 0.3) is 11.5 Å². The predicted octanol–water partition coefficient (Wildman–Crippen LogP) is 0.732. The lowest BCUT2D eigenvalue weighted by Crippen LogP contribution is -2.42. The van der Waals surface area contributed by atoms with Gasteiger partial charge in [0.05, 0.1) is 12.7 Å². The third kappa shape index (κ3) is 5.78. The second-order valence-corrected chi connectivity index (χ2v) is 7.56. The van der Waals surface area contributed by atoms with Gasteiger partial charge in [-0.2, -0.15) is 0 Å². The first-order valence-electron chi connectivity index (χ1n) is 10.5. The minimum absolute atomic E-state index is 0.109. The predicted molar refractivity (Wildman–Crippen MR) is 130 cm³/mol. The molecule has 1 heterocycles. The van der Waals surface area contributed by atoms with Crippen LogP contribution in [0.2, 0.25) is 0 Å². The van der Waals surface area contributed by atoms with Crippen LogP contribution in [0.25, 0.3) is 0 Å². The highest BCUT2D eigenvalue weighted by Gasteiger charge is 2.21. The number of carbonyl (C=O) groups is 3. The largest absolute Gasteiger partial charge is 0.497 e. The molecule has 1 amide bonds. The summed E-state index contributed by atoms with van der Waals surface area (Å²) in [6.07, 6.45) is 0. The fourth-order valence-corrected chi connectivity index (χ4v) is 3.14. The van der Waals surface area contributed by atoms with Gasteiger partial charge < -0.3 is 25.3 Å². The van der Waals surface area contributed by atoms with Crippen LogP contribution in [0, 0.1) is 0 Å². The van der Waals surface area contributed by atoms with E-state index in [1.807, 2.05) is 0 Å². The smallest absolute Gasteiger partial charge is 0.338 e. The molecule has 3 rings (SSSR count). The van der Waals surface area contributed by atoms with Gasteiger partial charge in [-0.3, -0.25) is 23.5 Å². The summed E-state index contributed by atoms with van der Waals surface area (Å²) in [5, 5.41) is 2.67. The minimum atomic E-state index is -0.881. The molecule has 0 bridgehead atoms. The van der Waals surface area contributed by atoms with E-state index < -0.39 is 41.1 Å². The molecule has 188 valence electrons. The van der Waals surface area contributed by atoms with Crippen molar-refractivity contribution < 1.29 is 28.6 Å². The molecule has 3 N–H and O–H groups in total. The van der Waals surface area contributed by atoms with Gasteiger partial charge in [-0.1, -0.05) is 6.07 Å². The Kier molecular flexibility index (Phi) is 7.89. The molecule has 0 spiro atoms. The molecule has 0 aliphatic heterocycles. The van der Waals surface area contributed by atoms with Crippen LogP contribution in [0.3, 0.4) is 0 Å². The molecule has 0 aliphatic rings. The van der Waals surface area contributed by atoms with Crippen LogP contribution in [-0.4, -0.2) is 47.1 Å². The molecule has 12 nitrogen and oxygen atoms in total. The number of hydrogen-bond donors (Lipinski definition) is 2. The Morgan fingerprint density at radius 2 is 1.64 bits per heavy atom. The summed E-state index contributed by atoms with van der Waals surface area (Å²) in [5.41, 5.74) is 4.38. The number of methoxy groups -OCH3 is 1. The quantitative estimate of drug-likeness (QED) is 0.321. The maximum Gasteiger partial charge on any atom is 0.338 e. The molecule has 12 heteroatoms. The molecule has 0 atom stereocenters. The molecule has 0 aliphatic carbocycles. The second-order valence-electron chi connectivity index (χ2n) is 7.56. The average molecular weight is 496 g/mol. The summed E-state index contributed by atoms with van der Waals surface area (Å²) in [7, 11) is 4.04. The fourth-order valence-electron chi connectivity index (χ4n) is 3.14. The number of nitrogens with one attached hydrogen (secondary N) is 1. The monoisotopic (exact) mass is 496 g/mol. The van der Waals surface area contributed by atoms with Crippen LogP contribution < -0.4 is 31.8 Å². The zero-order chi connectivity index (χ0) is 26.4. The van der Waals surface area contributed by atoms with Crippen molar-refractivity contribution >= 4 is 29.2 Å². The standard InChI is InChI=1S/C24H24N4O8/c1-27-21(25)20(22(31)28(2)24(27)33)18(29)12-36-23(32)14-7-9-16(10-8-14)35-13-19(30)26-15-5-4-6-17(11-15)34-3/h4-11H,12-13,25H2,1-3H3,(H,26,30). The van der Waals surface area contributed by atoms with Crippen LogP contribution in [0.4, 0.5) is 11.5 Å². The van der Waals surface area contributed by atoms with Gasteiger partial charge in [-0.05, 0) is 36.4 Å². The molecule has 0 saturated heterocycles. The van der Waals surface area contributed by atoms with Crippen molar-refractivity contribution in [3.63, 3.8) is 0 Å². The van der Waals surface area contributed by atoms with Crippen LogP contribution in [0.1, 0.15) is 20.7 Å². The third-order valence-corrected chi connectivity index (χ3v) is 5.14. The lowest BCUT2D eigenvalue weighted by molar-refractivity contribution is -0.118. The minimum Gasteiger partial charge on any atom is -0.497 e. The Balaban J connectivity index is 1.55. The molecule has 1 aromatic heterocycles. The first-order valence-corrected chi connectivity index (χ1v) is 10.5. The molecule has 0 fully saturated rings. The van der Waals surface area contributed by atoms with Crippen LogP contribution >= 0.6 is 0 Å². The topological polar surface area (TPSA) is 161 Å². The number of rotatable bonds is 9. The SMILES string of the molecule is COc1cccc(NC(=O)COc2ccc(C(=O)OCC(=O)c3c(N)n(C)c(=O)n(C)c3=O)cc2)c1. The van der Waals surface area contributed by atoms with E-state index in [1.54, 1.807) is 24.3 Å². The van der Waals surface area contributed by atoms with E-state index in [2.05, 4.69) is 5.32 Å². The van der Waals surface area contributed by atoms with Crippen molar-refractivity contribution in [3.8, 4) is 11.5 Å². The fraction of sp³-hybridized carbons (Fsp3) is 0.208. The third-order valence-electron chi connectivity index (χ3n) is 5.14. The van der Waals surface area contributed by atoms with E-state index in [9.17, 15) is 24.0 Å². The summed E-state index contributed by atoms with van der Waals surface area (Å²) in [4.78, 5) is 61.0. The van der Waals surface area contributed by atoms with Gasteiger partial charge in [0, 0.05) is 25.8 Å². The number of ether oxygens (including phenoxy) is 3. The second kappa shape index (κ2) is 11.0. The number of nitrogen functional groups attached to an aromatic ring is 1. The Bertz CT molecular complexity index is 1420. The molecule has 36 heavy (non-hydrogen) atoms. The number of carbonyl (C=O) groups excluding carboxylic acids is 3. The molecule has 0 radical (unpaired) electrons. The number of hydrogen-bond acceptors (Lipinski definition) is 9. The number of ketones is 1. The van der Waals surface area contributed by atoms with Crippen molar-refractivity contribution in [2.24, 2.45) is 14.1 Å². The van der Waals surface area contributed by atoms with E-state index in [4.69, 9.17) is 19.9 Å². The Labute approximate surface area is 204 Å². The molecule has 2 aromatic carbocycles. The van der Waals surface area contributed by atoms with Crippen LogP contribution in [-0.2, 0) is 23.6 Å². The first-order chi connectivity index (χ1) is 17.1. The van der Waals surface area contributed by atoms with Crippen molar-refractivity contribution in [2.45, 2.75) is 0 Å². The summed E-state index contributed by atoms with van der Waals surface area (Å²) >= 11 is 0. The molecular formula is C24H24N4O8. The van der Waals surface area contributed by atoms with Crippen LogP contribution in [0.5, 0.6) is 11.5 Å². The molecule has 0 unspecified atom stereocenters. The van der Waals surface area contributed by atoms with Gasteiger partial charge >= 0.3 is 11.7 Å². The number of benzene rings is 2. The number of amides is 1. The lowest BCUT2D eigenvalue weighted by Gasteiger charge is -2.11. The van der Waals surface area contributed by atoms with Gasteiger partial charge in [0.15, 0.2) is 13.2 Å². The lowest BCUT2D eigenvalue weighted by atomic mass is 10.2. The highest BCUT2D eigenvalue weighted by Crippen LogP contribution is 2.17. The summed E-state index contributed by atoms with van der Waals surface area (Å²) in [5.74, 6) is -1.47. The summed E-state index contributed by atoms with van der Waals surface area (Å²) < 4.78 is 17.2. The zero-order valence-electron chi connectivity index (χ0n) is 19.8. The Morgan fingerprint density at radius 3 is 2.31 bits per heavy atom. The molecule has 3 aromatic rings. The highest BCUT2D eigenvalue weighted by atomic mass is 16.5.